The minimum atomic E-state index is -0.360. The van der Waals surface area contributed by atoms with E-state index in [9.17, 15) is 14.4 Å². The second kappa shape index (κ2) is 7.78. The van der Waals surface area contributed by atoms with Crippen molar-refractivity contribution in [1.82, 2.24) is 4.57 Å². The van der Waals surface area contributed by atoms with Crippen LogP contribution in [-0.4, -0.2) is 16.3 Å². The Bertz CT molecular complexity index is 876. The Hall–Kier alpha value is -2.21. The van der Waals surface area contributed by atoms with Crippen molar-refractivity contribution in [2.75, 3.05) is 0 Å². The number of hydrogen-bond donors (Lipinski definition) is 0. The Balaban J connectivity index is 2.06. The van der Waals surface area contributed by atoms with Crippen molar-refractivity contribution in [2.24, 2.45) is 0 Å². The number of carbonyl (C=O) groups excluding carboxylic acids is 2. The molecule has 0 saturated heterocycles. The smallest absolute Gasteiger partial charge is 0.307 e. The highest BCUT2D eigenvalue weighted by molar-refractivity contribution is 7.07. The molecule has 0 amide bonds. The average Bonchev–Trinajstić information content (AvgIpc) is 2.82. The molecule has 2 rings (SSSR count). The van der Waals surface area contributed by atoms with E-state index in [0.717, 1.165) is 39.3 Å². The van der Waals surface area contributed by atoms with Crippen LogP contribution in [0, 0.1) is 27.7 Å². The molecular weight excluding hydrogens is 338 g/mol. The molecule has 0 aliphatic carbocycles. The van der Waals surface area contributed by atoms with Crippen molar-refractivity contribution in [3.63, 3.8) is 0 Å². The third-order valence-electron chi connectivity index (χ3n) is 4.38. The number of benzene rings is 1. The number of esters is 1. The molecule has 0 saturated carbocycles. The fourth-order valence-electron chi connectivity index (χ4n) is 3.09. The molecular formula is C19H23NO4S. The lowest BCUT2D eigenvalue weighted by molar-refractivity contribution is -0.145. The topological polar surface area (TPSA) is 65.4 Å². The van der Waals surface area contributed by atoms with E-state index in [1.54, 1.807) is 16.9 Å². The van der Waals surface area contributed by atoms with Crippen molar-refractivity contribution >= 4 is 23.1 Å². The van der Waals surface area contributed by atoms with Gasteiger partial charge in [-0.25, -0.2) is 0 Å². The Morgan fingerprint density at radius 3 is 2.40 bits per heavy atom. The van der Waals surface area contributed by atoms with Crippen molar-refractivity contribution in [2.45, 2.75) is 54.2 Å². The van der Waals surface area contributed by atoms with Gasteiger partial charge in [-0.05, 0) is 56.9 Å². The predicted octanol–water partition coefficient (Wildman–Crippen LogP) is 3.48. The highest BCUT2D eigenvalue weighted by Crippen LogP contribution is 2.23. The van der Waals surface area contributed by atoms with Gasteiger partial charge in [0, 0.05) is 23.2 Å². The Morgan fingerprint density at radius 1 is 1.16 bits per heavy atom. The quantitative estimate of drug-likeness (QED) is 0.584. The molecule has 6 heteroatoms. The van der Waals surface area contributed by atoms with Gasteiger partial charge < -0.3 is 9.30 Å². The molecule has 0 radical (unpaired) electrons. The fourth-order valence-corrected chi connectivity index (χ4v) is 3.85. The van der Waals surface area contributed by atoms with Gasteiger partial charge in [0.1, 0.15) is 6.61 Å². The molecule has 0 aliphatic rings. The third kappa shape index (κ3) is 4.25. The monoisotopic (exact) mass is 361 g/mol. The highest BCUT2D eigenvalue weighted by Gasteiger charge is 2.16. The van der Waals surface area contributed by atoms with Gasteiger partial charge in [0.05, 0.1) is 6.42 Å². The molecule has 1 aromatic heterocycles. The van der Waals surface area contributed by atoms with Crippen LogP contribution in [0.25, 0.3) is 0 Å². The highest BCUT2D eigenvalue weighted by atomic mass is 32.1. The molecule has 0 spiro atoms. The second-order valence-electron chi connectivity index (χ2n) is 6.25. The third-order valence-corrected chi connectivity index (χ3v) is 5.26. The zero-order valence-electron chi connectivity index (χ0n) is 15.3. The zero-order chi connectivity index (χ0) is 18.7. The Kier molecular flexibility index (Phi) is 5.95. The van der Waals surface area contributed by atoms with E-state index in [2.05, 4.69) is 0 Å². The average molecular weight is 361 g/mol. The molecule has 5 nitrogen and oxygen atoms in total. The number of ether oxygens (including phenoxy) is 1. The van der Waals surface area contributed by atoms with E-state index in [4.69, 9.17) is 4.74 Å². The van der Waals surface area contributed by atoms with Crippen LogP contribution in [0.5, 0.6) is 0 Å². The molecule has 1 heterocycles. The first kappa shape index (κ1) is 19.1. The van der Waals surface area contributed by atoms with Gasteiger partial charge in [-0.3, -0.25) is 14.4 Å². The summed E-state index contributed by atoms with van der Waals surface area (Å²) >= 11 is 1.13. The molecule has 0 N–H and O–H groups in total. The van der Waals surface area contributed by atoms with Gasteiger partial charge in [-0.1, -0.05) is 17.4 Å². The van der Waals surface area contributed by atoms with Crippen LogP contribution in [-0.2, 0) is 22.7 Å². The van der Waals surface area contributed by atoms with E-state index in [1.807, 2.05) is 33.8 Å². The van der Waals surface area contributed by atoms with Gasteiger partial charge in [0.2, 0.25) is 0 Å². The second-order valence-corrected chi connectivity index (χ2v) is 7.07. The van der Waals surface area contributed by atoms with E-state index in [1.165, 1.54) is 0 Å². The molecule has 25 heavy (non-hydrogen) atoms. The molecule has 2 aromatic rings. The van der Waals surface area contributed by atoms with Gasteiger partial charge >= 0.3 is 10.8 Å². The molecule has 134 valence electrons. The van der Waals surface area contributed by atoms with Crippen molar-refractivity contribution in [3.8, 4) is 0 Å². The van der Waals surface area contributed by atoms with Gasteiger partial charge in [-0.15, -0.1) is 0 Å². The first-order chi connectivity index (χ1) is 11.7. The minimum Gasteiger partial charge on any atom is -0.461 e. The number of thiazole rings is 1. The first-order valence-corrected chi connectivity index (χ1v) is 9.01. The number of aromatic nitrogens is 1. The zero-order valence-corrected chi connectivity index (χ0v) is 16.1. The maximum Gasteiger partial charge on any atom is 0.307 e. The van der Waals surface area contributed by atoms with E-state index in [-0.39, 0.29) is 29.7 Å². The maximum atomic E-state index is 12.0. The molecule has 0 unspecified atom stereocenters. The summed E-state index contributed by atoms with van der Waals surface area (Å²) in [5, 5.41) is 1.77. The maximum absolute atomic E-state index is 12.0. The molecule has 0 fully saturated rings. The number of nitrogens with zero attached hydrogens (tertiary/aromatic N) is 1. The van der Waals surface area contributed by atoms with Crippen LogP contribution in [0.1, 0.15) is 51.7 Å². The molecule has 1 aromatic carbocycles. The van der Waals surface area contributed by atoms with Gasteiger partial charge in [0.15, 0.2) is 5.78 Å². The lowest BCUT2D eigenvalue weighted by Crippen LogP contribution is -2.18. The van der Waals surface area contributed by atoms with Crippen molar-refractivity contribution < 1.29 is 14.3 Å². The van der Waals surface area contributed by atoms with Crippen LogP contribution >= 0.6 is 11.3 Å². The van der Waals surface area contributed by atoms with Crippen molar-refractivity contribution in [3.05, 3.63) is 54.6 Å². The number of rotatable bonds is 6. The van der Waals surface area contributed by atoms with Crippen LogP contribution in [0.2, 0.25) is 0 Å². The lowest BCUT2D eigenvalue weighted by Gasteiger charge is -2.16. The van der Waals surface area contributed by atoms with E-state index in [0.29, 0.717) is 12.1 Å². The SMILES string of the molecule is CC(=O)c1c(C)cc(C)c(COC(=O)CCn2c(C)csc2=O)c1C. The summed E-state index contributed by atoms with van der Waals surface area (Å²) < 4.78 is 6.95. The number of ketones is 1. The Labute approximate surface area is 151 Å². The van der Waals surface area contributed by atoms with Crippen LogP contribution < -0.4 is 4.87 Å². The summed E-state index contributed by atoms with van der Waals surface area (Å²) in [6.07, 6.45) is 0.140. The van der Waals surface area contributed by atoms with Crippen molar-refractivity contribution in [1.29, 1.82) is 0 Å². The van der Waals surface area contributed by atoms with Crippen LogP contribution in [0.3, 0.4) is 0 Å². The fraction of sp³-hybridized carbons (Fsp3) is 0.421. The summed E-state index contributed by atoms with van der Waals surface area (Å²) in [4.78, 5) is 35.5. The summed E-state index contributed by atoms with van der Waals surface area (Å²) in [7, 11) is 0. The van der Waals surface area contributed by atoms with Gasteiger partial charge in [0.25, 0.3) is 0 Å². The number of hydrogen-bond acceptors (Lipinski definition) is 5. The minimum absolute atomic E-state index is 0.00915. The van der Waals surface area contributed by atoms with Gasteiger partial charge in [-0.2, -0.15) is 0 Å². The first-order valence-electron chi connectivity index (χ1n) is 8.13. The van der Waals surface area contributed by atoms with Crippen LogP contribution in [0.15, 0.2) is 16.2 Å². The van der Waals surface area contributed by atoms with E-state index < -0.39 is 0 Å². The summed E-state index contributed by atoms with van der Waals surface area (Å²) in [5.41, 5.74) is 5.20. The largest absolute Gasteiger partial charge is 0.461 e. The number of aryl methyl sites for hydroxylation is 3. The molecule has 0 bridgehead atoms. The van der Waals surface area contributed by atoms with Crippen LogP contribution in [0.4, 0.5) is 0 Å². The summed E-state index contributed by atoms with van der Waals surface area (Å²) in [6, 6.07) is 1.95. The molecule has 0 aliphatic heterocycles. The molecule has 0 atom stereocenters. The standard InChI is InChI=1S/C19H23NO4S/c1-11-8-12(2)18(15(5)21)14(4)16(11)9-24-17(22)6-7-20-13(3)10-25-19(20)23/h8,10H,6-7,9H2,1-5H3. The summed E-state index contributed by atoms with van der Waals surface area (Å²) in [5.74, 6) is -0.351. The Morgan fingerprint density at radius 2 is 1.84 bits per heavy atom. The predicted molar refractivity (Wildman–Crippen MR) is 98.4 cm³/mol. The number of carbonyl (C=O) groups is 2. The number of Topliss-reactive ketones (excluding diaryl/α,β-unsaturated/α-hetero) is 1. The normalized spacial score (nSPS) is 10.8. The van der Waals surface area contributed by atoms with E-state index >= 15 is 0 Å². The summed E-state index contributed by atoms with van der Waals surface area (Å²) in [6.45, 7) is 9.57. The lowest BCUT2D eigenvalue weighted by atomic mass is 9.92.